The number of anilines is 1. The number of aryl methyl sites for hydroxylation is 2. The lowest BCUT2D eigenvalue weighted by atomic mass is 9.91. The first-order chi connectivity index (χ1) is 48.2. The molecule has 580 valence electrons. The molecular formula is C93H140N4O8. The maximum Gasteiger partial charge on any atom is 0.251 e. The number of para-hydroxylation sites is 4. The van der Waals surface area contributed by atoms with Gasteiger partial charge in [-0.2, -0.15) is 0 Å². The second-order valence-corrected chi connectivity index (χ2v) is 37.7. The van der Waals surface area contributed by atoms with E-state index in [2.05, 4.69) is 214 Å². The van der Waals surface area contributed by atoms with E-state index in [1.165, 1.54) is 49.7 Å². The molecule has 12 heteroatoms. The van der Waals surface area contributed by atoms with Gasteiger partial charge in [0.25, 0.3) is 5.91 Å². The molecule has 12 nitrogen and oxygen atoms in total. The topological polar surface area (TPSA) is 136 Å². The van der Waals surface area contributed by atoms with Crippen LogP contribution in [-0.2, 0) is 66.6 Å². The van der Waals surface area contributed by atoms with Crippen LogP contribution in [0.25, 0.3) is 0 Å². The van der Waals surface area contributed by atoms with E-state index >= 15 is 0 Å². The zero-order valence-electron chi connectivity index (χ0n) is 70.8. The van der Waals surface area contributed by atoms with Gasteiger partial charge in [0.1, 0.15) is 23.9 Å². The molecule has 5 heterocycles. The molecule has 7 aromatic rings. The highest BCUT2D eigenvalue weighted by molar-refractivity contribution is 5.98. The van der Waals surface area contributed by atoms with Crippen LogP contribution in [0.15, 0.2) is 175 Å². The third-order valence-electron chi connectivity index (χ3n) is 13.1. The summed E-state index contributed by atoms with van der Waals surface area (Å²) in [5.41, 5.74) is 13.6. The summed E-state index contributed by atoms with van der Waals surface area (Å²) in [6.07, 6.45) is 6.33. The number of aromatic nitrogens is 1. The second-order valence-electron chi connectivity index (χ2n) is 37.7. The van der Waals surface area contributed by atoms with Gasteiger partial charge >= 0.3 is 0 Å². The Kier molecular flexibility index (Phi) is 40.9. The standard InChI is InChI=1S/C14H19NO.C10H10O.C9H11NO.C9H8O.C8H7NO.C7H6O2.C6H7NO.6C5H12/c1-14(2,3)13(16)15-9-8-11-6-4-5-7-12(11)10-15;11-10-6-5-8-3-1-2-4-9(8)7-10;1-10-6-7-11-9-5-3-2-4-8(9)10;10-9-5-7-3-1-2-4-8(7)6-9;10-8-7-4-2-1-3-6(7)5-9-8;1-2-4-7-6(3-1)8-5-9-7;1-7-5-3-2-4-6(7)8;6*1-5(2,3)4/h4-7H,8-10H2,1-3H3;1-4H,5-7H2;2-5H,6-7H2,1H3;1-4H,5-6H2;1-4H,5H2,(H,9,10);1-4H,5H2;2-5H,1H3;6*1-4H3. The number of nitrogens with one attached hydrogen (secondary N) is 1. The van der Waals surface area contributed by atoms with Crippen LogP contribution in [0, 0.1) is 37.9 Å². The van der Waals surface area contributed by atoms with Crippen LogP contribution >= 0.6 is 0 Å². The number of pyridine rings is 1. The first-order valence-corrected chi connectivity index (χ1v) is 37.5. The minimum absolute atomic E-state index is 0.0347. The van der Waals surface area contributed by atoms with Gasteiger partial charge < -0.3 is 33.9 Å². The lowest BCUT2D eigenvalue weighted by molar-refractivity contribution is -0.140. The molecule has 6 aromatic carbocycles. The fourth-order valence-corrected chi connectivity index (χ4v) is 8.91. The Bertz CT molecular complexity index is 3560. The number of likely N-dealkylation sites (N-methyl/N-ethyl adjacent to an activating group) is 1. The summed E-state index contributed by atoms with van der Waals surface area (Å²) in [6.45, 7) is 62.9. The summed E-state index contributed by atoms with van der Waals surface area (Å²) >= 11 is 0. The van der Waals surface area contributed by atoms with Crippen molar-refractivity contribution >= 4 is 29.1 Å². The van der Waals surface area contributed by atoms with Crippen molar-refractivity contribution in [2.45, 2.75) is 239 Å². The van der Waals surface area contributed by atoms with Gasteiger partial charge in [-0.15, -0.1) is 0 Å². The van der Waals surface area contributed by atoms with Gasteiger partial charge in [-0.3, -0.25) is 24.0 Å². The van der Waals surface area contributed by atoms with Crippen LogP contribution in [0.1, 0.15) is 243 Å². The zero-order chi connectivity index (χ0) is 80.2. The summed E-state index contributed by atoms with van der Waals surface area (Å²) in [6, 6.07) is 53.1. The molecular weight excluding hydrogens is 1300 g/mol. The smallest absolute Gasteiger partial charge is 0.251 e. The van der Waals surface area contributed by atoms with Gasteiger partial charge in [-0.1, -0.05) is 308 Å². The zero-order valence-corrected chi connectivity index (χ0v) is 70.8. The van der Waals surface area contributed by atoms with Gasteiger partial charge in [0.2, 0.25) is 18.3 Å². The Morgan fingerprint density at radius 3 is 1.14 bits per heavy atom. The molecule has 0 unspecified atom stereocenters. The molecule has 0 spiro atoms. The van der Waals surface area contributed by atoms with Gasteiger partial charge in [-0.25, -0.2) is 0 Å². The summed E-state index contributed by atoms with van der Waals surface area (Å²) < 4.78 is 17.1. The van der Waals surface area contributed by atoms with Crippen LogP contribution in [-0.4, -0.2) is 66.4 Å². The van der Waals surface area contributed by atoms with Crippen molar-refractivity contribution in [1.82, 2.24) is 14.8 Å². The first kappa shape index (κ1) is 94.8. The maximum absolute atomic E-state index is 12.2. The molecule has 1 N–H and O–H groups in total. The van der Waals surface area contributed by atoms with Crippen molar-refractivity contribution in [3.63, 3.8) is 0 Å². The van der Waals surface area contributed by atoms with E-state index in [0.29, 0.717) is 76.7 Å². The molecule has 0 saturated carbocycles. The Balaban J connectivity index is 0.000000580. The second kappa shape index (κ2) is 45.3. The summed E-state index contributed by atoms with van der Waals surface area (Å²) in [5.74, 6) is 3.72. The van der Waals surface area contributed by atoms with Crippen LogP contribution in [0.5, 0.6) is 17.2 Å². The summed E-state index contributed by atoms with van der Waals surface area (Å²) in [7, 11) is 3.81. The normalized spacial score (nSPS) is 13.9. The average Bonchev–Trinajstić information content (AvgIpc) is 1.77. The predicted octanol–water partition coefficient (Wildman–Crippen LogP) is 22.3. The van der Waals surface area contributed by atoms with Crippen molar-refractivity contribution in [3.8, 4) is 17.2 Å². The number of nitrogens with zero attached hydrogens (tertiary/aromatic N) is 3. The SMILES string of the molecule is CC(C)(C)C.CC(C)(C)C.CC(C)(C)C.CC(C)(C)C.CC(C)(C)C.CC(C)(C)C.CC(C)(C)C(=O)N1CCc2ccccc2C1.CN1CCOc2ccccc21.Cn1ccccc1=O.O=C1CCc2ccccc2C1.O=C1Cc2ccccc2C1.O=C1NCc2ccccc21.c1ccc2c(c1)OCO2. The van der Waals surface area contributed by atoms with Crippen molar-refractivity contribution < 1.29 is 33.4 Å². The number of Topliss-reactive ketones (excluding diaryl/α,β-unsaturated/α-hetero) is 2. The van der Waals surface area contributed by atoms with E-state index in [1.54, 1.807) is 19.3 Å². The lowest BCUT2D eigenvalue weighted by Gasteiger charge is -2.33. The molecule has 0 saturated heterocycles. The number of carbonyl (C=O) groups excluding carboxylic acids is 4. The maximum atomic E-state index is 12.2. The van der Waals surface area contributed by atoms with Crippen LogP contribution < -0.4 is 30.0 Å². The highest BCUT2D eigenvalue weighted by Crippen LogP contribution is 2.31. The molecule has 0 bridgehead atoms. The number of benzene rings is 6. The number of rotatable bonds is 0. The number of ketones is 2. The number of amides is 2. The average molecular weight is 1440 g/mol. The lowest BCUT2D eigenvalue weighted by Crippen LogP contribution is -2.42. The van der Waals surface area contributed by atoms with Gasteiger partial charge in [-0.05, 0) is 121 Å². The number of fused-ring (bicyclic) bond motifs is 6. The molecule has 6 aliphatic rings. The molecule has 1 aromatic heterocycles. The molecule has 13 rings (SSSR count). The van der Waals surface area contributed by atoms with E-state index in [0.717, 1.165) is 73.9 Å². The number of hydrogen-bond donors (Lipinski definition) is 1. The molecule has 2 amide bonds. The van der Waals surface area contributed by atoms with E-state index < -0.39 is 0 Å². The highest BCUT2D eigenvalue weighted by Gasteiger charge is 2.29. The Morgan fingerprint density at radius 2 is 0.733 bits per heavy atom. The third kappa shape index (κ3) is 50.0. The van der Waals surface area contributed by atoms with Gasteiger partial charge in [0, 0.05) is 82.7 Å². The highest BCUT2D eigenvalue weighted by atomic mass is 16.7. The largest absolute Gasteiger partial charge is 0.490 e. The number of hydrogen-bond acceptors (Lipinski definition) is 9. The Hall–Kier alpha value is -8.25. The molecule has 105 heavy (non-hydrogen) atoms. The fourth-order valence-electron chi connectivity index (χ4n) is 8.91. The van der Waals surface area contributed by atoms with E-state index in [-0.39, 0.29) is 22.8 Å². The fraction of sp³-hybridized carbons (Fsp3) is 0.516. The first-order valence-electron chi connectivity index (χ1n) is 37.5. The molecule has 0 radical (unpaired) electrons. The molecule has 2 aliphatic carbocycles. The number of ether oxygens (including phenoxy) is 3. The predicted molar refractivity (Wildman–Crippen MR) is 445 cm³/mol. The van der Waals surface area contributed by atoms with Crippen molar-refractivity contribution in [2.75, 3.05) is 38.4 Å². The Labute approximate surface area is 637 Å². The van der Waals surface area contributed by atoms with Crippen molar-refractivity contribution in [2.24, 2.45) is 45.0 Å². The van der Waals surface area contributed by atoms with Crippen LogP contribution in [0.4, 0.5) is 5.69 Å². The van der Waals surface area contributed by atoms with Crippen molar-refractivity contribution in [3.05, 3.63) is 225 Å². The molecule has 0 atom stereocenters. The van der Waals surface area contributed by atoms with E-state index in [9.17, 15) is 24.0 Å². The van der Waals surface area contributed by atoms with Gasteiger partial charge in [0.05, 0.1) is 12.2 Å². The summed E-state index contributed by atoms with van der Waals surface area (Å²) in [5, 5.41) is 2.75. The summed E-state index contributed by atoms with van der Waals surface area (Å²) in [4.78, 5) is 59.8. The van der Waals surface area contributed by atoms with Crippen LogP contribution in [0.3, 0.4) is 0 Å². The third-order valence-corrected chi connectivity index (χ3v) is 13.1. The Morgan fingerprint density at radius 1 is 0.371 bits per heavy atom. The van der Waals surface area contributed by atoms with E-state index in [4.69, 9.17) is 14.2 Å². The quantitative estimate of drug-likeness (QED) is 0.157. The van der Waals surface area contributed by atoms with Gasteiger partial charge in [0.15, 0.2) is 11.5 Å². The monoisotopic (exact) mass is 1440 g/mol. The van der Waals surface area contributed by atoms with Crippen LogP contribution in [0.2, 0.25) is 0 Å². The molecule has 4 aliphatic heterocycles. The van der Waals surface area contributed by atoms with Crippen molar-refractivity contribution in [1.29, 1.82) is 0 Å². The minimum atomic E-state index is -0.272. The van der Waals surface area contributed by atoms with E-state index in [1.807, 2.05) is 147 Å². The number of carbonyl (C=O) groups is 4. The minimum Gasteiger partial charge on any atom is -0.490 e. The molecule has 0 fully saturated rings.